The Bertz CT molecular complexity index is 1000. The Morgan fingerprint density at radius 1 is 1.00 bits per heavy atom. The van der Waals surface area contributed by atoms with E-state index >= 15 is 0 Å². The number of rotatable bonds is 8. The number of hydrogen-bond donors (Lipinski definition) is 3. The van der Waals surface area contributed by atoms with Gasteiger partial charge in [0, 0.05) is 0 Å². The summed E-state index contributed by atoms with van der Waals surface area (Å²) in [5.41, 5.74) is 2.07. The molecule has 0 aliphatic rings. The maximum Gasteiger partial charge on any atom is 1.00 e. The second-order valence-corrected chi connectivity index (χ2v) is 11.7. The van der Waals surface area contributed by atoms with Crippen molar-refractivity contribution in [3.8, 4) is 11.5 Å². The summed E-state index contributed by atoms with van der Waals surface area (Å²) in [4.78, 5) is 16.2. The standard InChI is InChI=1S/C20H27O7PS.3K.3H/c1-20(2,3)16-10-12-17(13-11-16)27-18-8-4-6-15(14-18)7-5-9-19(28(21,22)23)29(24,25)26;;;;;;/h4,6,8,10-14,19H,5,7,9H2,1-3H3,(H2,21,22,23)(H,24,25,26);;;;;;/q;3*+1;3*-1. The summed E-state index contributed by atoms with van der Waals surface area (Å²) in [6.07, 6.45) is 0.216. The molecule has 2 aromatic carbocycles. The fraction of sp³-hybridized carbons (Fsp3) is 0.400. The molecule has 0 aromatic heterocycles. The summed E-state index contributed by atoms with van der Waals surface area (Å²) in [5, 5.41) is 0. The van der Waals surface area contributed by atoms with E-state index in [1.165, 1.54) is 5.56 Å². The summed E-state index contributed by atoms with van der Waals surface area (Å²) in [6, 6.07) is 15.0. The Balaban J connectivity index is -0.000000500. The second kappa shape index (κ2) is 16.2. The smallest absolute Gasteiger partial charge is 1.00 e. The first kappa shape index (κ1) is 37.4. The first-order chi connectivity index (χ1) is 13.3. The molecule has 0 spiro atoms. The first-order valence-corrected chi connectivity index (χ1v) is 12.3. The molecule has 0 aliphatic carbocycles. The molecule has 1 unspecified atom stereocenters. The summed E-state index contributed by atoms with van der Waals surface area (Å²) in [6.45, 7) is 6.39. The monoisotopic (exact) mass is 562 g/mol. The SMILES string of the molecule is CC(C)(C)c1ccc(Oc2cccc(CCCC(P(=O)(O)O)S(=O)(=O)O)c2)cc1.[H-].[H-].[H-].[K+].[K+].[K+]. The van der Waals surface area contributed by atoms with Crippen LogP contribution in [0.5, 0.6) is 11.5 Å². The van der Waals surface area contributed by atoms with Crippen LogP contribution in [-0.4, -0.2) is 27.7 Å². The number of aryl methyl sites for hydroxylation is 1. The van der Waals surface area contributed by atoms with Gasteiger partial charge in [0.2, 0.25) is 0 Å². The quantitative estimate of drug-likeness (QED) is 0.170. The summed E-state index contributed by atoms with van der Waals surface area (Å²) < 4.78 is 48.6. The fourth-order valence-corrected chi connectivity index (χ4v) is 5.27. The van der Waals surface area contributed by atoms with Gasteiger partial charge in [-0.2, -0.15) is 8.42 Å². The zero-order chi connectivity index (χ0) is 21.9. The molecule has 7 nitrogen and oxygen atoms in total. The Labute approximate surface area is 322 Å². The molecule has 0 aliphatic heterocycles. The van der Waals surface area contributed by atoms with Crippen LogP contribution in [-0.2, 0) is 26.5 Å². The van der Waals surface area contributed by atoms with Gasteiger partial charge in [0.1, 0.15) is 11.5 Å². The van der Waals surface area contributed by atoms with Crippen molar-refractivity contribution in [3.05, 3.63) is 59.7 Å². The molecule has 32 heavy (non-hydrogen) atoms. The van der Waals surface area contributed by atoms with Crippen LogP contribution in [0.3, 0.4) is 0 Å². The van der Waals surface area contributed by atoms with Crippen molar-refractivity contribution in [3.63, 3.8) is 0 Å². The molecule has 2 aromatic rings. The Hall–Kier alpha value is 3.21. The van der Waals surface area contributed by atoms with Crippen LogP contribution in [0.1, 0.15) is 49.0 Å². The molecular formula is C20H30K3O7PS. The third-order valence-corrected chi connectivity index (χ3v) is 8.04. The third-order valence-electron chi connectivity index (χ3n) is 4.49. The average molecular weight is 563 g/mol. The zero-order valence-electron chi connectivity index (χ0n) is 22.6. The minimum absolute atomic E-state index is 0. The largest absolute Gasteiger partial charge is 1.00 e. The molecule has 0 fully saturated rings. The van der Waals surface area contributed by atoms with Gasteiger partial charge in [-0.05, 0) is 60.1 Å². The maximum absolute atomic E-state index is 11.3. The molecule has 0 heterocycles. The minimum Gasteiger partial charge on any atom is -1.00 e. The van der Waals surface area contributed by atoms with E-state index in [1.54, 1.807) is 18.2 Å². The van der Waals surface area contributed by atoms with E-state index in [0.717, 1.165) is 5.56 Å². The Kier molecular flexibility index (Phi) is 19.0. The molecular weight excluding hydrogens is 533 g/mol. The topological polar surface area (TPSA) is 121 Å². The summed E-state index contributed by atoms with van der Waals surface area (Å²) in [7, 11) is -9.78. The predicted molar refractivity (Wildman–Crippen MR) is 115 cm³/mol. The number of benzene rings is 2. The van der Waals surface area contributed by atoms with Crippen LogP contribution in [0.4, 0.5) is 0 Å². The van der Waals surface area contributed by atoms with Crippen LogP contribution in [0.15, 0.2) is 48.5 Å². The average Bonchev–Trinajstić information content (AvgIpc) is 2.56. The minimum atomic E-state index is -4.95. The van der Waals surface area contributed by atoms with Gasteiger partial charge in [0.05, 0.1) is 0 Å². The van der Waals surface area contributed by atoms with Crippen molar-refractivity contribution in [2.75, 3.05) is 0 Å². The van der Waals surface area contributed by atoms with E-state index in [0.29, 0.717) is 17.9 Å². The van der Waals surface area contributed by atoms with Crippen molar-refractivity contribution in [1.82, 2.24) is 0 Å². The number of ether oxygens (including phenoxy) is 1. The van der Waals surface area contributed by atoms with E-state index in [4.69, 9.17) is 19.1 Å². The Morgan fingerprint density at radius 2 is 1.56 bits per heavy atom. The van der Waals surface area contributed by atoms with Crippen molar-refractivity contribution < 1.29 is 190 Å². The van der Waals surface area contributed by atoms with Crippen LogP contribution in [0.2, 0.25) is 0 Å². The predicted octanol–water partition coefficient (Wildman–Crippen LogP) is -4.16. The molecule has 0 radical (unpaired) electrons. The van der Waals surface area contributed by atoms with E-state index < -0.39 is 22.7 Å². The van der Waals surface area contributed by atoms with Crippen molar-refractivity contribution in [2.45, 2.75) is 50.4 Å². The van der Waals surface area contributed by atoms with Gasteiger partial charge in [-0.1, -0.05) is 45.0 Å². The Morgan fingerprint density at radius 3 is 2.03 bits per heavy atom. The molecule has 0 bridgehead atoms. The maximum atomic E-state index is 11.3. The molecule has 0 saturated carbocycles. The van der Waals surface area contributed by atoms with Crippen LogP contribution < -0.4 is 159 Å². The van der Waals surface area contributed by atoms with E-state index in [9.17, 15) is 13.0 Å². The molecule has 3 N–H and O–H groups in total. The van der Waals surface area contributed by atoms with Crippen molar-refractivity contribution in [2.24, 2.45) is 0 Å². The zero-order valence-corrected chi connectivity index (χ0v) is 30.7. The van der Waals surface area contributed by atoms with Crippen molar-refractivity contribution in [1.29, 1.82) is 0 Å². The van der Waals surface area contributed by atoms with Gasteiger partial charge in [0.25, 0.3) is 10.1 Å². The molecule has 1 atom stereocenters. The van der Waals surface area contributed by atoms with Gasteiger partial charge in [-0.15, -0.1) is 0 Å². The van der Waals surface area contributed by atoms with Gasteiger partial charge < -0.3 is 18.8 Å². The molecule has 0 saturated heterocycles. The van der Waals surface area contributed by atoms with Crippen LogP contribution in [0, 0.1) is 0 Å². The summed E-state index contributed by atoms with van der Waals surface area (Å²) in [5.74, 6) is 1.29. The van der Waals surface area contributed by atoms with Gasteiger partial charge in [-0.3, -0.25) is 9.12 Å². The van der Waals surface area contributed by atoms with Gasteiger partial charge in [0.15, 0.2) is 4.99 Å². The van der Waals surface area contributed by atoms with Crippen LogP contribution in [0.25, 0.3) is 0 Å². The van der Waals surface area contributed by atoms with Gasteiger partial charge in [-0.25, -0.2) is 0 Å². The fourth-order valence-electron chi connectivity index (χ4n) is 2.89. The second-order valence-electron chi connectivity index (χ2n) is 7.97. The van der Waals surface area contributed by atoms with Crippen LogP contribution >= 0.6 is 7.60 Å². The third kappa shape index (κ3) is 13.1. The van der Waals surface area contributed by atoms with Gasteiger partial charge >= 0.3 is 162 Å². The number of hydrogen-bond acceptors (Lipinski definition) is 4. The van der Waals surface area contributed by atoms with E-state index in [1.807, 2.05) is 30.3 Å². The van der Waals surface area contributed by atoms with E-state index in [-0.39, 0.29) is 177 Å². The first-order valence-electron chi connectivity index (χ1n) is 9.16. The molecule has 12 heteroatoms. The molecule has 2 rings (SSSR count). The molecule has 0 amide bonds. The molecule has 166 valence electrons. The van der Waals surface area contributed by atoms with E-state index in [2.05, 4.69) is 20.8 Å². The normalized spacial score (nSPS) is 12.6. The summed E-state index contributed by atoms with van der Waals surface area (Å²) >= 11 is 0. The van der Waals surface area contributed by atoms with Crippen molar-refractivity contribution >= 4 is 17.7 Å².